The van der Waals surface area contributed by atoms with E-state index in [0.29, 0.717) is 18.2 Å². The number of amides is 1. The van der Waals surface area contributed by atoms with Crippen molar-refractivity contribution in [3.8, 4) is 0 Å². The van der Waals surface area contributed by atoms with Crippen molar-refractivity contribution < 1.29 is 22.5 Å². The molecule has 0 bridgehead atoms. The van der Waals surface area contributed by atoms with Gasteiger partial charge in [-0.3, -0.25) is 9.54 Å². The van der Waals surface area contributed by atoms with Gasteiger partial charge in [0.2, 0.25) is 0 Å². The van der Waals surface area contributed by atoms with Crippen LogP contribution in [-0.2, 0) is 15.0 Å². The van der Waals surface area contributed by atoms with Crippen molar-refractivity contribution in [1.82, 2.24) is 4.98 Å². The molecule has 1 fully saturated rings. The second-order valence-electron chi connectivity index (χ2n) is 5.38. The molecule has 0 atom stereocenters. The summed E-state index contributed by atoms with van der Waals surface area (Å²) >= 11 is 0. The summed E-state index contributed by atoms with van der Waals surface area (Å²) in [5.74, 6) is 0. The number of hydrogen-bond acceptors (Lipinski definition) is 5. The number of ether oxygens (including phenoxy) is 1. The van der Waals surface area contributed by atoms with Gasteiger partial charge in [-0.15, -0.1) is 4.31 Å². The Balaban J connectivity index is 2.03. The van der Waals surface area contributed by atoms with Crippen LogP contribution in [0.4, 0.5) is 10.5 Å². The molecule has 0 aliphatic heterocycles. The molecule has 2 aromatic rings. The third-order valence-electron chi connectivity index (χ3n) is 3.80. The van der Waals surface area contributed by atoms with E-state index in [0.717, 1.165) is 12.8 Å². The Morgan fingerprint density at radius 3 is 2.61 bits per heavy atom. The standard InChI is InChI=1S/C15H16N2O5S/c18-15(22-12-7-1-2-8-12)17(23(19,20)21)13-9-3-5-11-6-4-10-16-14(11)13/h3-6,9-10,12H,1-2,7-8H2,(H,19,20,21). The van der Waals surface area contributed by atoms with Crippen molar-refractivity contribution in [3.05, 3.63) is 36.5 Å². The normalized spacial score (nSPS) is 15.7. The maximum Gasteiger partial charge on any atom is 0.430 e. The second-order valence-corrected chi connectivity index (χ2v) is 6.65. The monoisotopic (exact) mass is 336 g/mol. The lowest BCUT2D eigenvalue weighted by Gasteiger charge is -2.21. The zero-order valence-electron chi connectivity index (χ0n) is 12.3. The minimum atomic E-state index is -4.83. The Morgan fingerprint density at radius 2 is 1.91 bits per heavy atom. The lowest BCUT2D eigenvalue weighted by molar-refractivity contribution is 0.111. The fourth-order valence-electron chi connectivity index (χ4n) is 2.77. The quantitative estimate of drug-likeness (QED) is 0.866. The Bertz CT molecular complexity index is 825. The van der Waals surface area contributed by atoms with Gasteiger partial charge < -0.3 is 4.74 Å². The molecule has 1 aliphatic rings. The molecular weight excluding hydrogens is 320 g/mol. The average Bonchev–Trinajstić information content (AvgIpc) is 2.99. The molecule has 0 spiro atoms. The van der Waals surface area contributed by atoms with Gasteiger partial charge in [0, 0.05) is 11.6 Å². The van der Waals surface area contributed by atoms with Crippen LogP contribution in [0.3, 0.4) is 0 Å². The fraction of sp³-hybridized carbons (Fsp3) is 0.333. The molecule has 3 rings (SSSR count). The Labute approximate surface area is 133 Å². The van der Waals surface area contributed by atoms with Crippen molar-refractivity contribution in [2.75, 3.05) is 4.31 Å². The molecule has 0 unspecified atom stereocenters. The lowest BCUT2D eigenvalue weighted by atomic mass is 10.2. The second kappa shape index (κ2) is 6.13. The maximum atomic E-state index is 12.3. The van der Waals surface area contributed by atoms with E-state index in [-0.39, 0.29) is 21.6 Å². The summed E-state index contributed by atoms with van der Waals surface area (Å²) in [6.07, 6.45) is 3.29. The SMILES string of the molecule is O=C(OC1CCCC1)N(c1cccc2cccnc12)S(=O)(=O)O. The van der Waals surface area contributed by atoms with Crippen LogP contribution in [0.25, 0.3) is 10.9 Å². The first-order valence-corrected chi connectivity index (χ1v) is 8.68. The van der Waals surface area contributed by atoms with Gasteiger partial charge in [-0.25, -0.2) is 4.79 Å². The molecule has 1 aromatic carbocycles. The molecule has 122 valence electrons. The molecule has 1 N–H and O–H groups in total. The van der Waals surface area contributed by atoms with E-state index in [1.807, 2.05) is 0 Å². The first-order chi connectivity index (χ1) is 11.0. The van der Waals surface area contributed by atoms with Gasteiger partial charge in [0.05, 0.1) is 11.2 Å². The van der Waals surface area contributed by atoms with E-state index < -0.39 is 16.4 Å². The first kappa shape index (κ1) is 15.7. The van der Waals surface area contributed by atoms with Crippen molar-refractivity contribution >= 4 is 33.0 Å². The van der Waals surface area contributed by atoms with Crippen LogP contribution in [0.1, 0.15) is 25.7 Å². The molecule has 1 heterocycles. The molecule has 0 radical (unpaired) electrons. The number of pyridine rings is 1. The summed E-state index contributed by atoms with van der Waals surface area (Å²) in [4.78, 5) is 16.4. The molecule has 8 heteroatoms. The number of para-hydroxylation sites is 1. The van der Waals surface area contributed by atoms with Gasteiger partial charge >= 0.3 is 16.4 Å². The minimum absolute atomic E-state index is 0.0337. The molecule has 1 aromatic heterocycles. The highest BCUT2D eigenvalue weighted by atomic mass is 32.2. The van der Waals surface area contributed by atoms with E-state index >= 15 is 0 Å². The molecule has 0 saturated heterocycles. The number of carbonyl (C=O) groups excluding carboxylic acids is 1. The predicted octanol–water partition coefficient (Wildman–Crippen LogP) is 2.92. The van der Waals surface area contributed by atoms with Gasteiger partial charge in [0.25, 0.3) is 0 Å². The Hall–Kier alpha value is -2.19. The van der Waals surface area contributed by atoms with Gasteiger partial charge in [-0.1, -0.05) is 18.2 Å². The van der Waals surface area contributed by atoms with E-state index in [1.54, 1.807) is 24.3 Å². The zero-order chi connectivity index (χ0) is 16.4. The maximum absolute atomic E-state index is 12.3. The molecular formula is C15H16N2O5S. The zero-order valence-corrected chi connectivity index (χ0v) is 13.1. The van der Waals surface area contributed by atoms with Gasteiger partial charge in [0.15, 0.2) is 0 Å². The molecule has 1 amide bonds. The van der Waals surface area contributed by atoms with Crippen LogP contribution in [0.15, 0.2) is 36.5 Å². The number of fused-ring (bicyclic) bond motifs is 1. The third-order valence-corrected chi connectivity index (χ3v) is 4.60. The largest absolute Gasteiger partial charge is 0.445 e. The van der Waals surface area contributed by atoms with Crippen LogP contribution in [0.5, 0.6) is 0 Å². The molecule has 7 nitrogen and oxygen atoms in total. The average molecular weight is 336 g/mol. The van der Waals surface area contributed by atoms with Gasteiger partial charge in [-0.2, -0.15) is 8.42 Å². The summed E-state index contributed by atoms with van der Waals surface area (Å²) in [5.41, 5.74) is 0.254. The van der Waals surface area contributed by atoms with Crippen LogP contribution < -0.4 is 4.31 Å². The van der Waals surface area contributed by atoms with Crippen molar-refractivity contribution in [2.24, 2.45) is 0 Å². The van der Waals surface area contributed by atoms with E-state index in [9.17, 15) is 17.8 Å². The Morgan fingerprint density at radius 1 is 1.22 bits per heavy atom. The van der Waals surface area contributed by atoms with Gasteiger partial charge in [-0.05, 0) is 37.8 Å². The highest BCUT2D eigenvalue weighted by Gasteiger charge is 2.33. The summed E-state index contributed by atoms with van der Waals surface area (Å²) in [5, 5.41) is 0.646. The van der Waals surface area contributed by atoms with E-state index in [2.05, 4.69) is 4.98 Å². The number of aromatic nitrogens is 1. The number of hydrogen-bond donors (Lipinski definition) is 1. The van der Waals surface area contributed by atoms with E-state index in [4.69, 9.17) is 4.74 Å². The summed E-state index contributed by atoms with van der Waals surface area (Å²) in [6, 6.07) is 8.15. The predicted molar refractivity (Wildman–Crippen MR) is 84.5 cm³/mol. The first-order valence-electron chi connectivity index (χ1n) is 7.29. The molecule has 1 saturated carbocycles. The van der Waals surface area contributed by atoms with Crippen LogP contribution in [0.2, 0.25) is 0 Å². The van der Waals surface area contributed by atoms with Gasteiger partial charge in [0.1, 0.15) is 6.10 Å². The Kier molecular flexibility index (Phi) is 4.18. The number of carbonyl (C=O) groups is 1. The van der Waals surface area contributed by atoms with Crippen molar-refractivity contribution in [2.45, 2.75) is 31.8 Å². The lowest BCUT2D eigenvalue weighted by Crippen LogP contribution is -2.38. The van der Waals surface area contributed by atoms with E-state index in [1.165, 1.54) is 12.3 Å². The van der Waals surface area contributed by atoms with Crippen LogP contribution in [0, 0.1) is 0 Å². The van der Waals surface area contributed by atoms with Crippen molar-refractivity contribution in [1.29, 1.82) is 0 Å². The van der Waals surface area contributed by atoms with Crippen LogP contribution >= 0.6 is 0 Å². The molecule has 23 heavy (non-hydrogen) atoms. The summed E-state index contributed by atoms with van der Waals surface area (Å²) in [6.45, 7) is 0. The summed E-state index contributed by atoms with van der Waals surface area (Å²) < 4.78 is 38.5. The highest BCUT2D eigenvalue weighted by Crippen LogP contribution is 2.29. The summed E-state index contributed by atoms with van der Waals surface area (Å²) in [7, 11) is -4.83. The topological polar surface area (TPSA) is 96.8 Å². The highest BCUT2D eigenvalue weighted by molar-refractivity contribution is 7.88. The van der Waals surface area contributed by atoms with Crippen LogP contribution in [-0.4, -0.2) is 30.2 Å². The number of rotatable bonds is 3. The fourth-order valence-corrected chi connectivity index (χ4v) is 3.39. The minimum Gasteiger partial charge on any atom is -0.445 e. The number of anilines is 1. The number of benzene rings is 1. The molecule has 1 aliphatic carbocycles. The van der Waals surface area contributed by atoms with Crippen molar-refractivity contribution in [3.63, 3.8) is 0 Å². The smallest absolute Gasteiger partial charge is 0.430 e. The number of nitrogens with zero attached hydrogens (tertiary/aromatic N) is 2. The third kappa shape index (κ3) is 3.27.